The largest absolute Gasteiger partial charge is 0.379 e. The van der Waals surface area contributed by atoms with Gasteiger partial charge in [-0.2, -0.15) is 0 Å². The highest BCUT2D eigenvalue weighted by Gasteiger charge is 2.06. The number of halogens is 2. The predicted octanol–water partition coefficient (Wildman–Crippen LogP) is 4.78. The van der Waals surface area contributed by atoms with Gasteiger partial charge in [-0.3, -0.25) is 0 Å². The topological polar surface area (TPSA) is 12.0 Å². The van der Waals surface area contributed by atoms with Gasteiger partial charge < -0.3 is 5.32 Å². The molecule has 0 saturated heterocycles. The molecule has 20 heavy (non-hydrogen) atoms. The van der Waals surface area contributed by atoms with Crippen LogP contribution in [0.4, 0.5) is 14.5 Å². The summed E-state index contributed by atoms with van der Waals surface area (Å²) in [5, 5.41) is 2.92. The lowest BCUT2D eigenvalue weighted by atomic mass is 10.0. The van der Waals surface area contributed by atoms with Gasteiger partial charge in [0.2, 0.25) is 0 Å². The van der Waals surface area contributed by atoms with E-state index >= 15 is 0 Å². The first-order valence-electron chi connectivity index (χ1n) is 6.82. The number of rotatable bonds is 5. The molecular formula is C17H19F2N. The Labute approximate surface area is 118 Å². The Morgan fingerprint density at radius 2 is 1.60 bits per heavy atom. The maximum atomic E-state index is 13.5. The summed E-state index contributed by atoms with van der Waals surface area (Å²) in [5.74, 6) is -1.04. The first-order valence-corrected chi connectivity index (χ1v) is 6.82. The number of anilines is 1. The molecule has 0 fully saturated rings. The Kier molecular flexibility index (Phi) is 4.72. The SMILES string of the molecule is CC(C)Cc1ccc(CNc2cccc(F)c2F)cc1. The van der Waals surface area contributed by atoms with Crippen LogP contribution < -0.4 is 5.32 Å². The quantitative estimate of drug-likeness (QED) is 0.828. The average Bonchev–Trinajstić information content (AvgIpc) is 2.41. The molecule has 0 aromatic heterocycles. The van der Waals surface area contributed by atoms with Crippen LogP contribution in [0.15, 0.2) is 42.5 Å². The minimum Gasteiger partial charge on any atom is -0.379 e. The zero-order valence-corrected chi connectivity index (χ0v) is 11.8. The van der Waals surface area contributed by atoms with Gasteiger partial charge in [0.15, 0.2) is 11.6 Å². The van der Waals surface area contributed by atoms with E-state index in [-0.39, 0.29) is 5.69 Å². The van der Waals surface area contributed by atoms with Gasteiger partial charge in [0.25, 0.3) is 0 Å². The Balaban J connectivity index is 1.99. The Hall–Kier alpha value is -1.90. The molecule has 0 bridgehead atoms. The third kappa shape index (κ3) is 3.80. The van der Waals surface area contributed by atoms with Crippen molar-refractivity contribution in [3.8, 4) is 0 Å². The number of nitrogens with one attached hydrogen (secondary N) is 1. The van der Waals surface area contributed by atoms with Crippen molar-refractivity contribution in [3.05, 3.63) is 65.2 Å². The monoisotopic (exact) mass is 275 g/mol. The first-order chi connectivity index (χ1) is 9.56. The molecule has 2 rings (SSSR count). The fourth-order valence-electron chi connectivity index (χ4n) is 2.10. The third-order valence-corrected chi connectivity index (χ3v) is 3.10. The molecule has 0 radical (unpaired) electrons. The molecule has 0 amide bonds. The summed E-state index contributed by atoms with van der Waals surface area (Å²) in [6.07, 6.45) is 1.05. The van der Waals surface area contributed by atoms with E-state index in [1.165, 1.54) is 17.7 Å². The highest BCUT2D eigenvalue weighted by Crippen LogP contribution is 2.18. The van der Waals surface area contributed by atoms with E-state index in [9.17, 15) is 8.78 Å². The first kappa shape index (κ1) is 14.5. The standard InChI is InChI=1S/C17H19F2N/c1-12(2)10-13-6-8-14(9-7-13)11-20-16-5-3-4-15(18)17(16)19/h3-9,12,20H,10-11H2,1-2H3. The van der Waals surface area contributed by atoms with Crippen molar-refractivity contribution in [1.82, 2.24) is 0 Å². The van der Waals surface area contributed by atoms with Gasteiger partial charge in [-0.05, 0) is 35.6 Å². The van der Waals surface area contributed by atoms with Crippen LogP contribution in [0.1, 0.15) is 25.0 Å². The molecule has 0 atom stereocenters. The molecule has 0 heterocycles. The maximum absolute atomic E-state index is 13.5. The normalized spacial score (nSPS) is 10.8. The lowest BCUT2D eigenvalue weighted by Gasteiger charge is -2.09. The fraction of sp³-hybridized carbons (Fsp3) is 0.294. The second-order valence-electron chi connectivity index (χ2n) is 5.37. The Bertz CT molecular complexity index is 562. The van der Waals surface area contributed by atoms with Gasteiger partial charge >= 0.3 is 0 Å². The molecule has 0 spiro atoms. The number of hydrogen-bond acceptors (Lipinski definition) is 1. The third-order valence-electron chi connectivity index (χ3n) is 3.10. The predicted molar refractivity (Wildman–Crippen MR) is 78.7 cm³/mol. The van der Waals surface area contributed by atoms with Crippen molar-refractivity contribution in [2.24, 2.45) is 5.92 Å². The van der Waals surface area contributed by atoms with Gasteiger partial charge in [-0.1, -0.05) is 44.2 Å². The molecule has 2 aromatic rings. The lowest BCUT2D eigenvalue weighted by molar-refractivity contribution is 0.511. The Morgan fingerprint density at radius 1 is 0.950 bits per heavy atom. The van der Waals surface area contributed by atoms with Crippen molar-refractivity contribution in [2.75, 3.05) is 5.32 Å². The average molecular weight is 275 g/mol. The minimum atomic E-state index is -0.831. The summed E-state index contributed by atoms with van der Waals surface area (Å²) in [6, 6.07) is 12.3. The molecule has 2 aromatic carbocycles. The Morgan fingerprint density at radius 3 is 2.25 bits per heavy atom. The van der Waals surface area contributed by atoms with Gasteiger partial charge in [0.05, 0.1) is 5.69 Å². The molecule has 0 saturated carbocycles. The van der Waals surface area contributed by atoms with Crippen LogP contribution in [0.3, 0.4) is 0 Å². The van der Waals surface area contributed by atoms with E-state index in [0.29, 0.717) is 12.5 Å². The summed E-state index contributed by atoms with van der Waals surface area (Å²) in [4.78, 5) is 0. The minimum absolute atomic E-state index is 0.191. The second-order valence-corrected chi connectivity index (χ2v) is 5.37. The van der Waals surface area contributed by atoms with E-state index < -0.39 is 11.6 Å². The van der Waals surface area contributed by atoms with Crippen molar-refractivity contribution in [3.63, 3.8) is 0 Å². The molecular weight excluding hydrogens is 256 g/mol. The summed E-state index contributed by atoms with van der Waals surface area (Å²) >= 11 is 0. The van der Waals surface area contributed by atoms with E-state index in [4.69, 9.17) is 0 Å². The highest BCUT2D eigenvalue weighted by molar-refractivity contribution is 5.45. The molecule has 106 valence electrons. The summed E-state index contributed by atoms with van der Waals surface area (Å²) in [7, 11) is 0. The van der Waals surface area contributed by atoms with E-state index in [1.807, 2.05) is 12.1 Å². The summed E-state index contributed by atoms with van der Waals surface area (Å²) < 4.78 is 26.5. The number of benzene rings is 2. The molecule has 3 heteroatoms. The van der Waals surface area contributed by atoms with Gasteiger partial charge in [0, 0.05) is 6.54 Å². The van der Waals surface area contributed by atoms with Crippen molar-refractivity contribution >= 4 is 5.69 Å². The van der Waals surface area contributed by atoms with Gasteiger partial charge in [-0.15, -0.1) is 0 Å². The molecule has 1 N–H and O–H groups in total. The summed E-state index contributed by atoms with van der Waals surface area (Å²) in [5.41, 5.74) is 2.53. The highest BCUT2D eigenvalue weighted by atomic mass is 19.2. The fourth-order valence-corrected chi connectivity index (χ4v) is 2.10. The van der Waals surface area contributed by atoms with Crippen LogP contribution >= 0.6 is 0 Å². The lowest BCUT2D eigenvalue weighted by Crippen LogP contribution is -2.03. The van der Waals surface area contributed by atoms with Gasteiger partial charge in [-0.25, -0.2) is 8.78 Å². The second kappa shape index (κ2) is 6.51. The molecule has 0 aliphatic rings. The van der Waals surface area contributed by atoms with E-state index in [1.54, 1.807) is 0 Å². The van der Waals surface area contributed by atoms with Crippen molar-refractivity contribution in [1.29, 1.82) is 0 Å². The van der Waals surface area contributed by atoms with E-state index in [2.05, 4.69) is 31.3 Å². The maximum Gasteiger partial charge on any atom is 0.181 e. The van der Waals surface area contributed by atoms with Crippen LogP contribution in [0.25, 0.3) is 0 Å². The van der Waals surface area contributed by atoms with Crippen LogP contribution in [0.2, 0.25) is 0 Å². The number of hydrogen-bond donors (Lipinski definition) is 1. The smallest absolute Gasteiger partial charge is 0.181 e. The molecule has 0 aliphatic heterocycles. The van der Waals surface area contributed by atoms with E-state index in [0.717, 1.165) is 18.1 Å². The zero-order chi connectivity index (χ0) is 14.5. The van der Waals surface area contributed by atoms with Crippen LogP contribution in [0, 0.1) is 17.6 Å². The zero-order valence-electron chi connectivity index (χ0n) is 11.8. The molecule has 0 unspecified atom stereocenters. The summed E-state index contributed by atoms with van der Waals surface area (Å²) in [6.45, 7) is 4.84. The van der Waals surface area contributed by atoms with Crippen LogP contribution in [-0.2, 0) is 13.0 Å². The molecule has 1 nitrogen and oxygen atoms in total. The van der Waals surface area contributed by atoms with Crippen LogP contribution in [0.5, 0.6) is 0 Å². The van der Waals surface area contributed by atoms with Crippen LogP contribution in [-0.4, -0.2) is 0 Å². The molecule has 0 aliphatic carbocycles. The van der Waals surface area contributed by atoms with Crippen molar-refractivity contribution in [2.45, 2.75) is 26.8 Å². The van der Waals surface area contributed by atoms with Crippen molar-refractivity contribution < 1.29 is 8.78 Å². The van der Waals surface area contributed by atoms with Gasteiger partial charge in [0.1, 0.15) is 0 Å².